The van der Waals surface area contributed by atoms with Crippen LogP contribution < -0.4 is 10.6 Å². The summed E-state index contributed by atoms with van der Waals surface area (Å²) in [7, 11) is 1.30. The van der Waals surface area contributed by atoms with Gasteiger partial charge in [0.1, 0.15) is 0 Å². The van der Waals surface area contributed by atoms with Gasteiger partial charge in [0.05, 0.1) is 36.5 Å². The average molecular weight is 398 g/mol. The Morgan fingerprint density at radius 3 is 2.59 bits per heavy atom. The number of rotatable bonds is 6. The monoisotopic (exact) mass is 397 g/mol. The molecule has 1 saturated heterocycles. The number of carbonyl (C=O) groups is 3. The van der Waals surface area contributed by atoms with Crippen molar-refractivity contribution in [3.63, 3.8) is 0 Å². The molecule has 1 aromatic carbocycles. The number of piperidine rings is 1. The fourth-order valence-corrected chi connectivity index (χ4v) is 2.97. The van der Waals surface area contributed by atoms with E-state index in [1.807, 2.05) is 0 Å². The summed E-state index contributed by atoms with van der Waals surface area (Å²) in [5.74, 6) is -0.670. The number of likely N-dealkylation sites (tertiary alicyclic amines) is 1. The molecule has 1 aliphatic rings. The van der Waals surface area contributed by atoms with Crippen LogP contribution in [0.15, 0.2) is 18.2 Å². The molecule has 0 aromatic heterocycles. The lowest BCUT2D eigenvalue weighted by atomic mass is 10.1. The van der Waals surface area contributed by atoms with E-state index < -0.39 is 5.97 Å². The molecule has 2 rings (SSSR count). The van der Waals surface area contributed by atoms with E-state index in [9.17, 15) is 14.4 Å². The lowest BCUT2D eigenvalue weighted by Gasteiger charge is -2.31. The van der Waals surface area contributed by atoms with Gasteiger partial charge < -0.3 is 25.0 Å². The van der Waals surface area contributed by atoms with Gasteiger partial charge in [-0.2, -0.15) is 0 Å². The molecule has 1 aromatic rings. The van der Waals surface area contributed by atoms with Crippen LogP contribution in [0.3, 0.4) is 0 Å². The third-order valence-corrected chi connectivity index (χ3v) is 4.54. The molecule has 1 heterocycles. The zero-order valence-corrected chi connectivity index (χ0v) is 16.2. The minimum absolute atomic E-state index is 0.00171. The minimum Gasteiger partial charge on any atom is -0.465 e. The van der Waals surface area contributed by atoms with Crippen LogP contribution in [-0.4, -0.2) is 62.3 Å². The van der Waals surface area contributed by atoms with E-state index in [0.29, 0.717) is 48.8 Å². The maximum absolute atomic E-state index is 12.2. The van der Waals surface area contributed by atoms with Gasteiger partial charge in [-0.1, -0.05) is 11.6 Å². The lowest BCUT2D eigenvalue weighted by molar-refractivity contribution is -0.120. The number of amides is 2. The summed E-state index contributed by atoms with van der Waals surface area (Å²) < 4.78 is 9.65. The van der Waals surface area contributed by atoms with E-state index in [-0.39, 0.29) is 24.6 Å². The Balaban J connectivity index is 1.80. The third kappa shape index (κ3) is 6.02. The van der Waals surface area contributed by atoms with Crippen LogP contribution in [0.4, 0.5) is 10.5 Å². The molecule has 2 amide bonds. The molecular weight excluding hydrogens is 374 g/mol. The molecule has 9 heteroatoms. The molecule has 27 heavy (non-hydrogen) atoms. The summed E-state index contributed by atoms with van der Waals surface area (Å²) in [5, 5.41) is 6.26. The van der Waals surface area contributed by atoms with Gasteiger partial charge in [-0.3, -0.25) is 4.79 Å². The number of nitrogens with one attached hydrogen (secondary N) is 2. The Hall–Kier alpha value is -2.48. The van der Waals surface area contributed by atoms with Gasteiger partial charge in [-0.05, 0) is 38.0 Å². The van der Waals surface area contributed by atoms with Crippen LogP contribution in [0, 0.1) is 0 Å². The van der Waals surface area contributed by atoms with Crippen molar-refractivity contribution >= 4 is 35.3 Å². The molecule has 1 fully saturated rings. The molecule has 8 nitrogen and oxygen atoms in total. The molecule has 0 saturated carbocycles. The molecular formula is C18H24ClN3O5. The Morgan fingerprint density at radius 1 is 1.26 bits per heavy atom. The van der Waals surface area contributed by atoms with E-state index in [1.165, 1.54) is 7.11 Å². The second-order valence-electron chi connectivity index (χ2n) is 6.07. The fraction of sp³-hybridized carbons (Fsp3) is 0.500. The van der Waals surface area contributed by atoms with Crippen molar-refractivity contribution in [1.82, 2.24) is 10.2 Å². The maximum Gasteiger partial charge on any atom is 0.409 e. The van der Waals surface area contributed by atoms with Crippen LogP contribution in [0.1, 0.15) is 30.1 Å². The van der Waals surface area contributed by atoms with Crippen LogP contribution >= 0.6 is 11.6 Å². The number of methoxy groups -OCH3 is 1. The highest BCUT2D eigenvalue weighted by atomic mass is 35.5. The zero-order chi connectivity index (χ0) is 19.8. The van der Waals surface area contributed by atoms with Crippen molar-refractivity contribution in [2.24, 2.45) is 0 Å². The van der Waals surface area contributed by atoms with Gasteiger partial charge in [0, 0.05) is 19.1 Å². The largest absolute Gasteiger partial charge is 0.465 e. The van der Waals surface area contributed by atoms with Crippen molar-refractivity contribution in [2.45, 2.75) is 25.8 Å². The first-order valence-electron chi connectivity index (χ1n) is 8.77. The number of benzene rings is 1. The fourth-order valence-electron chi connectivity index (χ4n) is 2.78. The summed E-state index contributed by atoms with van der Waals surface area (Å²) in [5.41, 5.74) is 0.822. The Labute approximate surface area is 163 Å². The lowest BCUT2D eigenvalue weighted by Crippen LogP contribution is -2.47. The Kier molecular flexibility index (Phi) is 7.72. The predicted molar refractivity (Wildman–Crippen MR) is 101 cm³/mol. The number of halogens is 1. The van der Waals surface area contributed by atoms with E-state index in [4.69, 9.17) is 16.3 Å². The van der Waals surface area contributed by atoms with Gasteiger partial charge in [-0.25, -0.2) is 9.59 Å². The standard InChI is InChI=1S/C18H24ClN3O5/c1-3-27-18(25)22-8-6-13(7-9-22)21-16(23)11-20-15-10-12(17(24)26-2)4-5-14(15)19/h4-5,10,13,20H,3,6-9,11H2,1-2H3,(H,21,23). The number of anilines is 1. The maximum atomic E-state index is 12.2. The highest BCUT2D eigenvalue weighted by Gasteiger charge is 2.24. The van der Waals surface area contributed by atoms with E-state index in [2.05, 4.69) is 15.4 Å². The van der Waals surface area contributed by atoms with Crippen molar-refractivity contribution in [3.05, 3.63) is 28.8 Å². The smallest absolute Gasteiger partial charge is 0.409 e. The molecule has 1 aliphatic heterocycles. The van der Waals surface area contributed by atoms with Crippen molar-refractivity contribution in [1.29, 1.82) is 0 Å². The minimum atomic E-state index is -0.479. The second kappa shape index (κ2) is 10.0. The number of hydrogen-bond acceptors (Lipinski definition) is 6. The quantitative estimate of drug-likeness (QED) is 0.715. The number of hydrogen-bond donors (Lipinski definition) is 2. The first-order chi connectivity index (χ1) is 12.9. The highest BCUT2D eigenvalue weighted by molar-refractivity contribution is 6.33. The van der Waals surface area contributed by atoms with Crippen LogP contribution in [0.5, 0.6) is 0 Å². The molecule has 0 radical (unpaired) electrons. The summed E-state index contributed by atoms with van der Waals surface area (Å²) in [6.07, 6.45) is 1.02. The first kappa shape index (κ1) is 20.8. The third-order valence-electron chi connectivity index (χ3n) is 4.21. The summed E-state index contributed by atoms with van der Waals surface area (Å²) in [6.45, 7) is 3.22. The van der Waals surface area contributed by atoms with Gasteiger partial charge in [-0.15, -0.1) is 0 Å². The van der Waals surface area contributed by atoms with Crippen LogP contribution in [-0.2, 0) is 14.3 Å². The molecule has 0 unspecified atom stereocenters. The van der Waals surface area contributed by atoms with Crippen LogP contribution in [0.25, 0.3) is 0 Å². The highest BCUT2D eigenvalue weighted by Crippen LogP contribution is 2.23. The van der Waals surface area contributed by atoms with E-state index >= 15 is 0 Å². The molecule has 2 N–H and O–H groups in total. The Morgan fingerprint density at radius 2 is 1.96 bits per heavy atom. The topological polar surface area (TPSA) is 97.0 Å². The zero-order valence-electron chi connectivity index (χ0n) is 15.4. The van der Waals surface area contributed by atoms with Gasteiger partial charge in [0.15, 0.2) is 0 Å². The first-order valence-corrected chi connectivity index (χ1v) is 9.15. The Bertz CT molecular complexity index is 690. The molecule has 0 atom stereocenters. The summed E-state index contributed by atoms with van der Waals surface area (Å²) in [6, 6.07) is 4.66. The van der Waals surface area contributed by atoms with Gasteiger partial charge in [0.2, 0.25) is 5.91 Å². The van der Waals surface area contributed by atoms with E-state index in [0.717, 1.165) is 0 Å². The van der Waals surface area contributed by atoms with Crippen molar-refractivity contribution in [2.75, 3.05) is 38.7 Å². The number of carbonyl (C=O) groups excluding carboxylic acids is 3. The number of ether oxygens (including phenoxy) is 2. The summed E-state index contributed by atoms with van der Waals surface area (Å²) in [4.78, 5) is 37.1. The number of nitrogens with zero attached hydrogens (tertiary/aromatic N) is 1. The van der Waals surface area contributed by atoms with Crippen molar-refractivity contribution in [3.8, 4) is 0 Å². The summed E-state index contributed by atoms with van der Waals surface area (Å²) >= 11 is 6.10. The molecule has 0 aliphatic carbocycles. The van der Waals surface area contributed by atoms with Gasteiger partial charge >= 0.3 is 12.1 Å². The second-order valence-corrected chi connectivity index (χ2v) is 6.47. The SMILES string of the molecule is CCOC(=O)N1CCC(NC(=O)CNc2cc(C(=O)OC)ccc2Cl)CC1. The number of esters is 1. The van der Waals surface area contributed by atoms with E-state index in [1.54, 1.807) is 30.0 Å². The molecule has 148 valence electrons. The normalized spacial score (nSPS) is 14.4. The predicted octanol–water partition coefficient (Wildman–Crippen LogP) is 2.28. The molecule has 0 spiro atoms. The van der Waals surface area contributed by atoms with Crippen molar-refractivity contribution < 1.29 is 23.9 Å². The van der Waals surface area contributed by atoms with Crippen LogP contribution in [0.2, 0.25) is 5.02 Å². The molecule has 0 bridgehead atoms. The van der Waals surface area contributed by atoms with Gasteiger partial charge in [0.25, 0.3) is 0 Å². The average Bonchev–Trinajstić information content (AvgIpc) is 2.67.